The zero-order valence-corrected chi connectivity index (χ0v) is 12.9. The molecule has 0 saturated carbocycles. The average Bonchev–Trinajstić information content (AvgIpc) is 2.71. The fourth-order valence-corrected chi connectivity index (χ4v) is 3.78. The van der Waals surface area contributed by atoms with Gasteiger partial charge >= 0.3 is 0 Å². The van der Waals surface area contributed by atoms with Gasteiger partial charge in [0.1, 0.15) is 15.8 Å². The summed E-state index contributed by atoms with van der Waals surface area (Å²) < 4.78 is 5.02. The molecule has 96 valence electrons. The van der Waals surface area contributed by atoms with E-state index in [0.717, 1.165) is 23.3 Å². The SMILES string of the molecule is N#Cc1c(Cl)nsc1Sc1ccc(Br)cc1[N+](=O)[O-]. The Hall–Kier alpha value is -1.14. The van der Waals surface area contributed by atoms with Crippen molar-refractivity contribution in [1.82, 2.24) is 4.37 Å². The van der Waals surface area contributed by atoms with E-state index >= 15 is 0 Å². The molecule has 0 unspecified atom stereocenters. The van der Waals surface area contributed by atoms with Gasteiger partial charge in [-0.1, -0.05) is 39.3 Å². The summed E-state index contributed by atoms with van der Waals surface area (Å²) in [6.45, 7) is 0. The monoisotopic (exact) mass is 375 g/mol. The molecule has 2 rings (SSSR count). The molecule has 19 heavy (non-hydrogen) atoms. The quantitative estimate of drug-likeness (QED) is 0.582. The van der Waals surface area contributed by atoms with Gasteiger partial charge in [-0.3, -0.25) is 10.1 Å². The van der Waals surface area contributed by atoms with Crippen molar-refractivity contribution in [3.05, 3.63) is 43.5 Å². The number of nitro groups is 1. The first-order chi connectivity index (χ1) is 9.02. The Morgan fingerprint density at radius 2 is 2.32 bits per heavy atom. The Morgan fingerprint density at radius 1 is 1.58 bits per heavy atom. The van der Waals surface area contributed by atoms with Crippen LogP contribution >= 0.6 is 50.8 Å². The topological polar surface area (TPSA) is 79.8 Å². The van der Waals surface area contributed by atoms with Crippen LogP contribution in [0.5, 0.6) is 0 Å². The molecule has 9 heteroatoms. The van der Waals surface area contributed by atoms with Crippen molar-refractivity contribution in [2.24, 2.45) is 0 Å². The number of halogens is 2. The van der Waals surface area contributed by atoms with E-state index < -0.39 is 4.92 Å². The van der Waals surface area contributed by atoms with E-state index in [1.807, 2.05) is 6.07 Å². The van der Waals surface area contributed by atoms with Crippen molar-refractivity contribution in [1.29, 1.82) is 5.26 Å². The molecular weight excluding hydrogens is 374 g/mol. The van der Waals surface area contributed by atoms with E-state index in [4.69, 9.17) is 16.9 Å². The highest BCUT2D eigenvalue weighted by molar-refractivity contribution is 9.10. The number of nitro benzene ring substituents is 1. The lowest BCUT2D eigenvalue weighted by Crippen LogP contribution is -1.90. The number of nitrogens with zero attached hydrogens (tertiary/aromatic N) is 3. The summed E-state index contributed by atoms with van der Waals surface area (Å²) >= 11 is 11.1. The molecule has 0 fully saturated rings. The summed E-state index contributed by atoms with van der Waals surface area (Å²) in [5.41, 5.74) is 0.210. The molecule has 0 spiro atoms. The van der Waals surface area contributed by atoms with Crippen LogP contribution in [0.25, 0.3) is 0 Å². The number of benzene rings is 1. The number of hydrogen-bond donors (Lipinski definition) is 0. The van der Waals surface area contributed by atoms with Crippen molar-refractivity contribution < 1.29 is 4.92 Å². The Bertz CT molecular complexity index is 699. The lowest BCUT2D eigenvalue weighted by Gasteiger charge is -2.01. The molecule has 0 atom stereocenters. The Kier molecular flexibility index (Phi) is 4.42. The van der Waals surface area contributed by atoms with Crippen LogP contribution in [0.3, 0.4) is 0 Å². The number of rotatable bonds is 3. The smallest absolute Gasteiger partial charge is 0.258 e. The first kappa shape index (κ1) is 14.3. The van der Waals surface area contributed by atoms with Gasteiger partial charge in [0.05, 0.1) is 9.82 Å². The van der Waals surface area contributed by atoms with E-state index in [0.29, 0.717) is 13.6 Å². The van der Waals surface area contributed by atoms with Gasteiger partial charge in [0.25, 0.3) is 5.69 Å². The normalized spacial score (nSPS) is 10.2. The molecule has 0 aliphatic carbocycles. The highest BCUT2D eigenvalue weighted by Crippen LogP contribution is 2.41. The predicted molar refractivity (Wildman–Crippen MR) is 76.8 cm³/mol. The molecule has 0 bridgehead atoms. The molecule has 1 aromatic heterocycles. The number of nitriles is 1. The number of hydrogen-bond acceptors (Lipinski definition) is 6. The molecule has 0 radical (unpaired) electrons. The molecule has 2 aromatic rings. The first-order valence-corrected chi connectivity index (χ1v) is 7.46. The third kappa shape index (κ3) is 3.06. The minimum atomic E-state index is -0.470. The average molecular weight is 377 g/mol. The van der Waals surface area contributed by atoms with Crippen LogP contribution in [-0.4, -0.2) is 9.30 Å². The van der Waals surface area contributed by atoms with Gasteiger partial charge in [-0.05, 0) is 23.7 Å². The molecule has 0 N–H and O–H groups in total. The van der Waals surface area contributed by atoms with Crippen LogP contribution in [0.2, 0.25) is 5.15 Å². The fourth-order valence-electron chi connectivity index (χ4n) is 1.24. The van der Waals surface area contributed by atoms with E-state index in [9.17, 15) is 10.1 Å². The fraction of sp³-hybridized carbons (Fsp3) is 0. The zero-order chi connectivity index (χ0) is 14.0. The van der Waals surface area contributed by atoms with Gasteiger partial charge < -0.3 is 0 Å². The van der Waals surface area contributed by atoms with E-state index in [1.165, 1.54) is 6.07 Å². The Labute approximate surface area is 129 Å². The second-order valence-electron chi connectivity index (χ2n) is 3.22. The van der Waals surface area contributed by atoms with E-state index in [1.54, 1.807) is 12.1 Å². The molecule has 0 aliphatic rings. The van der Waals surface area contributed by atoms with Gasteiger partial charge in [0.15, 0.2) is 5.15 Å². The van der Waals surface area contributed by atoms with Crippen LogP contribution in [0.4, 0.5) is 5.69 Å². The summed E-state index contributed by atoms with van der Waals surface area (Å²) in [6, 6.07) is 6.67. The highest BCUT2D eigenvalue weighted by Gasteiger charge is 2.19. The third-order valence-electron chi connectivity index (χ3n) is 2.05. The van der Waals surface area contributed by atoms with Crippen LogP contribution < -0.4 is 0 Å². The summed E-state index contributed by atoms with van der Waals surface area (Å²) in [4.78, 5) is 11.0. The second kappa shape index (κ2) is 5.88. The Morgan fingerprint density at radius 3 is 2.95 bits per heavy atom. The minimum Gasteiger partial charge on any atom is -0.258 e. The first-order valence-electron chi connectivity index (χ1n) is 4.70. The molecule has 1 heterocycles. The van der Waals surface area contributed by atoms with Crippen molar-refractivity contribution >= 4 is 56.5 Å². The highest BCUT2D eigenvalue weighted by atomic mass is 79.9. The third-order valence-corrected chi connectivity index (χ3v) is 4.99. The summed E-state index contributed by atoms with van der Waals surface area (Å²) in [6.07, 6.45) is 0. The summed E-state index contributed by atoms with van der Waals surface area (Å²) in [5, 5.41) is 20.1. The lowest BCUT2D eigenvalue weighted by atomic mass is 10.3. The van der Waals surface area contributed by atoms with E-state index in [-0.39, 0.29) is 16.4 Å². The largest absolute Gasteiger partial charge is 0.284 e. The summed E-state index contributed by atoms with van der Waals surface area (Å²) in [7, 11) is 0. The van der Waals surface area contributed by atoms with Crippen molar-refractivity contribution in [3.63, 3.8) is 0 Å². The maximum Gasteiger partial charge on any atom is 0.284 e. The molecular formula is C10H3BrClN3O2S2. The van der Waals surface area contributed by atoms with Gasteiger partial charge in [-0.25, -0.2) is 0 Å². The molecule has 0 saturated heterocycles. The van der Waals surface area contributed by atoms with Crippen molar-refractivity contribution in [2.75, 3.05) is 0 Å². The van der Waals surface area contributed by atoms with Crippen LogP contribution in [-0.2, 0) is 0 Å². The predicted octanol–water partition coefficient (Wildman–Crippen LogP) is 4.49. The van der Waals surface area contributed by atoms with Crippen LogP contribution in [0.1, 0.15) is 5.56 Å². The van der Waals surface area contributed by atoms with Gasteiger partial charge in [-0.15, -0.1) is 0 Å². The lowest BCUT2D eigenvalue weighted by molar-refractivity contribution is -0.387. The van der Waals surface area contributed by atoms with Crippen LogP contribution in [0, 0.1) is 21.4 Å². The molecule has 5 nitrogen and oxygen atoms in total. The van der Waals surface area contributed by atoms with Crippen LogP contribution in [0.15, 0.2) is 31.8 Å². The van der Waals surface area contributed by atoms with E-state index in [2.05, 4.69) is 20.3 Å². The maximum atomic E-state index is 11.0. The molecule has 0 aliphatic heterocycles. The van der Waals surface area contributed by atoms with Gasteiger partial charge in [-0.2, -0.15) is 9.64 Å². The summed E-state index contributed by atoms with van der Waals surface area (Å²) in [5.74, 6) is 0. The van der Waals surface area contributed by atoms with Gasteiger partial charge in [0.2, 0.25) is 0 Å². The maximum absolute atomic E-state index is 11.0. The minimum absolute atomic E-state index is 0.0345. The van der Waals surface area contributed by atoms with Gasteiger partial charge in [0, 0.05) is 10.5 Å². The number of aromatic nitrogens is 1. The molecule has 0 amide bonds. The van der Waals surface area contributed by atoms with Crippen molar-refractivity contribution in [2.45, 2.75) is 9.10 Å². The second-order valence-corrected chi connectivity index (χ2v) is 6.58. The Balaban J connectivity index is 2.44. The molecule has 1 aromatic carbocycles. The zero-order valence-electron chi connectivity index (χ0n) is 8.96. The standard InChI is InChI=1S/C10H3BrClN3O2S2/c11-5-1-2-8(7(3-5)15(16)17)18-10-6(4-13)9(12)14-19-10/h1-3H. The van der Waals surface area contributed by atoms with Crippen molar-refractivity contribution in [3.8, 4) is 6.07 Å².